The number of fused-ring (bicyclic) bond motifs is 1. The maximum atomic E-state index is 13.9. The summed E-state index contributed by atoms with van der Waals surface area (Å²) in [6, 6.07) is 8.02. The molecule has 0 aromatic heterocycles. The van der Waals surface area contributed by atoms with E-state index in [4.69, 9.17) is 9.47 Å². The van der Waals surface area contributed by atoms with Crippen LogP contribution in [0, 0.1) is 5.82 Å². The largest absolute Gasteiger partial charge is 0.496 e. The summed E-state index contributed by atoms with van der Waals surface area (Å²) in [6.07, 6.45) is -5.71. The second-order valence-electron chi connectivity index (χ2n) is 8.24. The minimum atomic E-state index is -4.96. The fourth-order valence-electron chi connectivity index (χ4n) is 3.79. The van der Waals surface area contributed by atoms with Gasteiger partial charge in [-0.25, -0.2) is 9.18 Å². The summed E-state index contributed by atoms with van der Waals surface area (Å²) in [6.45, 7) is 2.17. The van der Waals surface area contributed by atoms with Gasteiger partial charge in [0, 0.05) is 16.8 Å². The Morgan fingerprint density at radius 2 is 1.87 bits per heavy atom. The summed E-state index contributed by atoms with van der Waals surface area (Å²) >= 11 is 0. The molecule has 0 amide bonds. The number of anilines is 1. The van der Waals surface area contributed by atoms with Gasteiger partial charge in [-0.05, 0) is 48.2 Å². The van der Waals surface area contributed by atoms with Crippen molar-refractivity contribution in [1.29, 1.82) is 0 Å². The molecular weight excluding hydrogens is 418 g/mol. The van der Waals surface area contributed by atoms with Gasteiger partial charge in [0.25, 0.3) is 0 Å². The molecule has 3 rings (SSSR count). The average molecular weight is 441 g/mol. The highest BCUT2D eigenvalue weighted by Gasteiger charge is 2.56. The smallest absolute Gasteiger partial charge is 0.418 e. The number of methoxy groups -OCH3 is 1. The van der Waals surface area contributed by atoms with Crippen molar-refractivity contribution in [3.05, 3.63) is 58.9 Å². The van der Waals surface area contributed by atoms with Crippen molar-refractivity contribution in [2.45, 2.75) is 44.1 Å². The Kier molecular flexibility index (Phi) is 5.92. The fourth-order valence-corrected chi connectivity index (χ4v) is 3.79. The summed E-state index contributed by atoms with van der Waals surface area (Å²) in [7, 11) is 1.34. The molecule has 0 fully saturated rings. The van der Waals surface area contributed by atoms with Gasteiger partial charge in [0.1, 0.15) is 18.2 Å². The van der Waals surface area contributed by atoms with Crippen molar-refractivity contribution in [2.24, 2.45) is 0 Å². The van der Waals surface area contributed by atoms with E-state index in [9.17, 15) is 27.5 Å². The van der Waals surface area contributed by atoms with Gasteiger partial charge in [-0.3, -0.25) is 0 Å². The highest BCUT2D eigenvalue weighted by molar-refractivity contribution is 5.93. The van der Waals surface area contributed by atoms with Gasteiger partial charge in [0.05, 0.1) is 19.2 Å². The van der Waals surface area contributed by atoms with Crippen LogP contribution in [0.15, 0.2) is 36.4 Å². The van der Waals surface area contributed by atoms with E-state index in [2.05, 4.69) is 5.32 Å². The zero-order valence-corrected chi connectivity index (χ0v) is 17.3. The summed E-state index contributed by atoms with van der Waals surface area (Å²) in [4.78, 5) is 11.5. The Bertz CT molecular complexity index is 990. The molecule has 0 aliphatic carbocycles. The van der Waals surface area contributed by atoms with Crippen molar-refractivity contribution >= 4 is 11.7 Å². The van der Waals surface area contributed by atoms with Gasteiger partial charge in [0.2, 0.25) is 0 Å². The Morgan fingerprint density at radius 3 is 2.52 bits per heavy atom. The zero-order chi connectivity index (χ0) is 23.0. The van der Waals surface area contributed by atoms with E-state index in [1.165, 1.54) is 45.2 Å². The van der Waals surface area contributed by atoms with Gasteiger partial charge >= 0.3 is 12.1 Å². The van der Waals surface area contributed by atoms with Gasteiger partial charge in [-0.1, -0.05) is 13.8 Å². The average Bonchev–Trinajstić information content (AvgIpc) is 3.05. The molecule has 0 saturated heterocycles. The number of esters is 1. The van der Waals surface area contributed by atoms with Crippen LogP contribution in [0.25, 0.3) is 0 Å². The first kappa shape index (κ1) is 22.9. The fraction of sp³-hybridized carbons (Fsp3) is 0.409. The van der Waals surface area contributed by atoms with Crippen LogP contribution in [-0.4, -0.2) is 36.5 Å². The number of carbonyl (C=O) groups excluding carboxylic acids is 1. The monoisotopic (exact) mass is 441 g/mol. The third-order valence-electron chi connectivity index (χ3n) is 5.42. The molecule has 168 valence electrons. The van der Waals surface area contributed by atoms with Crippen molar-refractivity contribution < 1.29 is 36.9 Å². The van der Waals surface area contributed by atoms with Crippen molar-refractivity contribution in [3.63, 3.8) is 0 Å². The highest BCUT2D eigenvalue weighted by Crippen LogP contribution is 2.43. The van der Waals surface area contributed by atoms with E-state index in [0.717, 1.165) is 12.1 Å². The van der Waals surface area contributed by atoms with E-state index in [-0.39, 0.29) is 17.9 Å². The maximum absolute atomic E-state index is 13.9. The lowest BCUT2D eigenvalue weighted by molar-refractivity contribution is -0.260. The second kappa shape index (κ2) is 8.03. The van der Waals surface area contributed by atoms with Crippen molar-refractivity contribution in [2.75, 3.05) is 19.0 Å². The van der Waals surface area contributed by atoms with E-state index in [1.807, 2.05) is 0 Å². The summed E-state index contributed by atoms with van der Waals surface area (Å²) in [5.41, 5.74) is -2.98. The molecular formula is C22H23F4NO4. The molecule has 1 atom stereocenters. The van der Waals surface area contributed by atoms with Crippen LogP contribution in [-0.2, 0) is 16.8 Å². The number of ether oxygens (including phenoxy) is 2. The first-order valence-electron chi connectivity index (χ1n) is 9.53. The number of rotatable bonds is 7. The number of benzene rings is 2. The lowest BCUT2D eigenvalue weighted by Gasteiger charge is -2.38. The van der Waals surface area contributed by atoms with Gasteiger partial charge < -0.3 is 19.9 Å². The second-order valence-corrected chi connectivity index (χ2v) is 8.24. The Hall–Kier alpha value is -2.81. The minimum Gasteiger partial charge on any atom is -0.496 e. The molecule has 0 radical (unpaired) electrons. The molecule has 1 heterocycles. The predicted molar refractivity (Wildman–Crippen MR) is 106 cm³/mol. The molecule has 0 bridgehead atoms. The molecule has 0 saturated carbocycles. The zero-order valence-electron chi connectivity index (χ0n) is 17.3. The predicted octanol–water partition coefficient (Wildman–Crippen LogP) is 4.58. The third kappa shape index (κ3) is 4.61. The van der Waals surface area contributed by atoms with E-state index < -0.39 is 41.9 Å². The van der Waals surface area contributed by atoms with Crippen molar-refractivity contribution in [1.82, 2.24) is 0 Å². The number of carbonyl (C=O) groups is 1. The summed E-state index contributed by atoms with van der Waals surface area (Å²) in [5, 5.41) is 13.3. The molecule has 1 aliphatic rings. The molecule has 0 unspecified atom stereocenters. The van der Waals surface area contributed by atoms with Crippen LogP contribution in [0.3, 0.4) is 0 Å². The first-order valence-corrected chi connectivity index (χ1v) is 9.53. The molecule has 5 nitrogen and oxygen atoms in total. The third-order valence-corrected chi connectivity index (χ3v) is 5.42. The van der Waals surface area contributed by atoms with E-state index >= 15 is 0 Å². The van der Waals surface area contributed by atoms with E-state index in [1.54, 1.807) is 0 Å². The first-order chi connectivity index (χ1) is 14.4. The minimum absolute atomic E-state index is 0.0413. The van der Waals surface area contributed by atoms with Gasteiger partial charge in [-0.15, -0.1) is 0 Å². The molecule has 2 aromatic carbocycles. The quantitative estimate of drug-likeness (QED) is 0.487. The molecule has 31 heavy (non-hydrogen) atoms. The SMILES string of the molecule is COc1ccc(F)cc1C(C)(C)C[C@@](O)(CNc1ccc2c(c1)COC2=O)C(F)(F)F. The number of alkyl halides is 3. The van der Waals surface area contributed by atoms with Crippen LogP contribution in [0.2, 0.25) is 0 Å². The van der Waals surface area contributed by atoms with Crippen LogP contribution < -0.4 is 10.1 Å². The maximum Gasteiger partial charge on any atom is 0.418 e. The number of nitrogens with one attached hydrogen (secondary N) is 1. The van der Waals surface area contributed by atoms with Crippen LogP contribution in [0.1, 0.15) is 41.8 Å². The molecule has 1 aliphatic heterocycles. The van der Waals surface area contributed by atoms with Crippen molar-refractivity contribution in [3.8, 4) is 5.75 Å². The topological polar surface area (TPSA) is 67.8 Å². The van der Waals surface area contributed by atoms with E-state index in [0.29, 0.717) is 16.8 Å². The van der Waals surface area contributed by atoms with Gasteiger partial charge in [0.15, 0.2) is 5.60 Å². The lowest BCUT2D eigenvalue weighted by Crippen LogP contribution is -2.53. The standard InChI is InChI=1S/C22H23F4NO4/c1-20(2,17-9-14(23)4-7-18(17)30-3)11-21(29,22(24,25)26)12-27-15-5-6-16-13(8-15)10-31-19(16)28/h4-9,27,29H,10-12H2,1-3H3/t21-/m1/s1. The van der Waals surface area contributed by atoms with Crippen LogP contribution in [0.5, 0.6) is 5.75 Å². The van der Waals surface area contributed by atoms with Crippen LogP contribution >= 0.6 is 0 Å². The molecule has 9 heteroatoms. The molecule has 2 aromatic rings. The summed E-state index contributed by atoms with van der Waals surface area (Å²) < 4.78 is 65.6. The Morgan fingerprint density at radius 1 is 1.16 bits per heavy atom. The number of cyclic esters (lactones) is 1. The lowest BCUT2D eigenvalue weighted by atomic mass is 9.74. The van der Waals surface area contributed by atoms with Crippen LogP contribution in [0.4, 0.5) is 23.2 Å². The Labute approximate surface area is 177 Å². The number of aliphatic hydroxyl groups is 1. The number of hydrogen-bond acceptors (Lipinski definition) is 5. The Balaban J connectivity index is 1.86. The molecule has 2 N–H and O–H groups in total. The van der Waals surface area contributed by atoms with Gasteiger partial charge in [-0.2, -0.15) is 13.2 Å². The summed E-state index contributed by atoms with van der Waals surface area (Å²) in [5.74, 6) is -0.876. The number of halogens is 4. The number of hydrogen-bond donors (Lipinski definition) is 2. The molecule has 0 spiro atoms. The highest BCUT2D eigenvalue weighted by atomic mass is 19.4. The normalized spacial score (nSPS) is 15.8.